The summed E-state index contributed by atoms with van der Waals surface area (Å²) in [5.74, 6) is 1.53. The Bertz CT molecular complexity index is 1470. The molecule has 4 aromatic carbocycles. The van der Waals surface area contributed by atoms with Crippen LogP contribution in [0.3, 0.4) is 0 Å². The first-order valence-electron chi connectivity index (χ1n) is 10.2. The zero-order valence-corrected chi connectivity index (χ0v) is 17.2. The SMILES string of the molecule is COc1ccc(C2=C3C(=O)Oc4ccccc4N=C3Oc3c2ccc2ccccc32)cc1. The predicted octanol–water partition coefficient (Wildman–Crippen LogP) is 5.69. The Kier molecular flexibility index (Phi) is 4.08. The van der Waals surface area contributed by atoms with Gasteiger partial charge in [0.25, 0.3) is 0 Å². The number of fused-ring (bicyclic) bond motifs is 5. The molecule has 5 nitrogen and oxygen atoms in total. The minimum atomic E-state index is -0.502. The summed E-state index contributed by atoms with van der Waals surface area (Å²) >= 11 is 0. The van der Waals surface area contributed by atoms with Gasteiger partial charge in [0.2, 0.25) is 5.90 Å². The first kappa shape index (κ1) is 18.4. The topological polar surface area (TPSA) is 57.1 Å². The number of hydrogen-bond donors (Lipinski definition) is 0. The lowest BCUT2D eigenvalue weighted by molar-refractivity contribution is -0.129. The second-order valence-corrected chi connectivity index (χ2v) is 7.52. The number of hydrogen-bond acceptors (Lipinski definition) is 5. The number of carbonyl (C=O) groups is 1. The first-order valence-corrected chi connectivity index (χ1v) is 10.2. The number of benzene rings is 4. The minimum absolute atomic E-state index is 0.231. The van der Waals surface area contributed by atoms with Crippen LogP contribution in [0.5, 0.6) is 17.2 Å². The molecular weight excluding hydrogens is 402 g/mol. The lowest BCUT2D eigenvalue weighted by atomic mass is 9.88. The number of esters is 1. The van der Waals surface area contributed by atoms with Crippen LogP contribution in [-0.4, -0.2) is 19.0 Å². The van der Waals surface area contributed by atoms with Gasteiger partial charge in [-0.05, 0) is 41.3 Å². The van der Waals surface area contributed by atoms with Crippen LogP contribution >= 0.6 is 0 Å². The van der Waals surface area contributed by atoms with Gasteiger partial charge in [-0.25, -0.2) is 9.79 Å². The second kappa shape index (κ2) is 7.10. The fourth-order valence-corrected chi connectivity index (χ4v) is 4.16. The van der Waals surface area contributed by atoms with Crippen LogP contribution < -0.4 is 14.2 Å². The maximum atomic E-state index is 13.3. The Morgan fingerprint density at radius 3 is 2.41 bits per heavy atom. The summed E-state index contributed by atoms with van der Waals surface area (Å²) in [7, 11) is 1.62. The van der Waals surface area contributed by atoms with Crippen molar-refractivity contribution in [3.8, 4) is 17.2 Å². The third-order valence-corrected chi connectivity index (χ3v) is 5.68. The summed E-state index contributed by atoms with van der Waals surface area (Å²) in [4.78, 5) is 18.0. The Labute approximate surface area is 184 Å². The van der Waals surface area contributed by atoms with Gasteiger partial charge in [0.05, 0.1) is 7.11 Å². The van der Waals surface area contributed by atoms with Crippen molar-refractivity contribution < 1.29 is 19.0 Å². The normalized spacial score (nSPS) is 14.4. The molecule has 4 aromatic rings. The molecule has 0 N–H and O–H groups in total. The molecule has 0 spiro atoms. The third-order valence-electron chi connectivity index (χ3n) is 5.68. The molecule has 2 aliphatic rings. The Hall–Kier alpha value is -4.38. The lowest BCUT2D eigenvalue weighted by Crippen LogP contribution is -2.26. The Morgan fingerprint density at radius 1 is 0.781 bits per heavy atom. The van der Waals surface area contributed by atoms with Crippen molar-refractivity contribution in [3.05, 3.63) is 102 Å². The molecule has 0 aromatic heterocycles. The molecule has 5 heteroatoms. The van der Waals surface area contributed by atoms with E-state index in [1.165, 1.54) is 0 Å². The standard InChI is InChI=1S/C27H17NO4/c1-30-18-13-10-17(11-14-18)23-20-15-12-16-6-2-3-7-19(16)25(20)32-26-24(23)27(29)31-22-9-5-4-8-21(22)28-26/h2-15H,1H3. The van der Waals surface area contributed by atoms with Crippen molar-refractivity contribution in [1.29, 1.82) is 0 Å². The summed E-state index contributed by atoms with van der Waals surface area (Å²) in [6.07, 6.45) is 0. The van der Waals surface area contributed by atoms with Crippen LogP contribution in [0.2, 0.25) is 0 Å². The summed E-state index contributed by atoms with van der Waals surface area (Å²) in [5, 5.41) is 1.99. The molecule has 0 bridgehead atoms. The average Bonchev–Trinajstić information content (AvgIpc) is 2.98. The monoisotopic (exact) mass is 419 g/mol. The number of para-hydroxylation sites is 2. The van der Waals surface area contributed by atoms with Gasteiger partial charge in [0.1, 0.15) is 22.8 Å². The van der Waals surface area contributed by atoms with Crippen LogP contribution in [0, 0.1) is 0 Å². The number of nitrogens with zero attached hydrogens (tertiary/aromatic N) is 1. The maximum Gasteiger partial charge on any atom is 0.349 e. The van der Waals surface area contributed by atoms with E-state index < -0.39 is 5.97 Å². The van der Waals surface area contributed by atoms with Gasteiger partial charge in [-0.3, -0.25) is 0 Å². The quantitative estimate of drug-likeness (QED) is 0.309. The smallest absolute Gasteiger partial charge is 0.349 e. The van der Waals surface area contributed by atoms with Crippen LogP contribution in [0.4, 0.5) is 5.69 Å². The first-order chi connectivity index (χ1) is 15.7. The fourth-order valence-electron chi connectivity index (χ4n) is 4.16. The summed E-state index contributed by atoms with van der Waals surface area (Å²) in [6, 6.07) is 26.8. The Morgan fingerprint density at radius 2 is 1.56 bits per heavy atom. The van der Waals surface area contributed by atoms with E-state index in [1.54, 1.807) is 19.2 Å². The molecule has 0 saturated heterocycles. The Balaban J connectivity index is 1.69. The van der Waals surface area contributed by atoms with E-state index >= 15 is 0 Å². The summed E-state index contributed by atoms with van der Waals surface area (Å²) < 4.78 is 17.3. The zero-order valence-electron chi connectivity index (χ0n) is 17.2. The highest BCUT2D eigenvalue weighted by Crippen LogP contribution is 2.45. The highest BCUT2D eigenvalue weighted by atomic mass is 16.5. The van der Waals surface area contributed by atoms with Crippen LogP contribution in [-0.2, 0) is 4.79 Å². The van der Waals surface area contributed by atoms with Crippen molar-refractivity contribution in [3.63, 3.8) is 0 Å². The molecular formula is C27H17NO4. The van der Waals surface area contributed by atoms with Crippen LogP contribution in [0.1, 0.15) is 11.1 Å². The van der Waals surface area contributed by atoms with Crippen molar-refractivity contribution in [1.82, 2.24) is 0 Å². The van der Waals surface area contributed by atoms with E-state index in [1.807, 2.05) is 72.8 Å². The molecule has 154 valence electrons. The molecule has 2 aliphatic heterocycles. The van der Waals surface area contributed by atoms with E-state index in [0.29, 0.717) is 22.8 Å². The fraction of sp³-hybridized carbons (Fsp3) is 0.0370. The highest BCUT2D eigenvalue weighted by Gasteiger charge is 2.36. The van der Waals surface area contributed by atoms with Crippen molar-refractivity contribution in [2.24, 2.45) is 4.99 Å². The van der Waals surface area contributed by atoms with Crippen molar-refractivity contribution in [2.45, 2.75) is 0 Å². The summed E-state index contributed by atoms with van der Waals surface area (Å²) in [6.45, 7) is 0. The van der Waals surface area contributed by atoms with Gasteiger partial charge in [-0.15, -0.1) is 0 Å². The lowest BCUT2D eigenvalue weighted by Gasteiger charge is -2.24. The summed E-state index contributed by atoms with van der Waals surface area (Å²) in [5.41, 5.74) is 3.22. The molecule has 0 saturated carbocycles. The molecule has 6 rings (SSSR count). The second-order valence-electron chi connectivity index (χ2n) is 7.52. The number of aliphatic imine (C=N–C) groups is 1. The highest BCUT2D eigenvalue weighted by molar-refractivity contribution is 6.28. The van der Waals surface area contributed by atoms with Gasteiger partial charge in [0.15, 0.2) is 5.75 Å². The van der Waals surface area contributed by atoms with Crippen molar-refractivity contribution >= 4 is 33.9 Å². The molecule has 0 aliphatic carbocycles. The van der Waals surface area contributed by atoms with Gasteiger partial charge in [0, 0.05) is 16.5 Å². The predicted molar refractivity (Wildman–Crippen MR) is 123 cm³/mol. The molecule has 0 radical (unpaired) electrons. The zero-order chi connectivity index (χ0) is 21.7. The van der Waals surface area contributed by atoms with Crippen molar-refractivity contribution in [2.75, 3.05) is 7.11 Å². The molecule has 0 atom stereocenters. The van der Waals surface area contributed by atoms with Gasteiger partial charge in [-0.2, -0.15) is 0 Å². The largest absolute Gasteiger partial charge is 0.497 e. The van der Waals surface area contributed by atoms with E-state index in [2.05, 4.69) is 0 Å². The van der Waals surface area contributed by atoms with E-state index in [0.717, 1.165) is 33.2 Å². The minimum Gasteiger partial charge on any atom is -0.497 e. The molecule has 2 heterocycles. The number of ether oxygens (including phenoxy) is 3. The van der Waals surface area contributed by atoms with Crippen LogP contribution in [0.15, 0.2) is 95.5 Å². The van der Waals surface area contributed by atoms with Crippen LogP contribution in [0.25, 0.3) is 16.3 Å². The number of methoxy groups -OCH3 is 1. The number of carbonyl (C=O) groups excluding carboxylic acids is 1. The third kappa shape index (κ3) is 2.79. The van der Waals surface area contributed by atoms with Gasteiger partial charge in [-0.1, -0.05) is 54.6 Å². The van der Waals surface area contributed by atoms with E-state index in [-0.39, 0.29) is 5.90 Å². The molecule has 0 amide bonds. The molecule has 32 heavy (non-hydrogen) atoms. The molecule has 0 unspecified atom stereocenters. The van der Waals surface area contributed by atoms with Gasteiger partial charge < -0.3 is 14.2 Å². The number of rotatable bonds is 2. The van der Waals surface area contributed by atoms with E-state index in [4.69, 9.17) is 19.2 Å². The maximum absolute atomic E-state index is 13.3. The van der Waals surface area contributed by atoms with E-state index in [9.17, 15) is 4.79 Å². The molecule has 0 fully saturated rings. The average molecular weight is 419 g/mol. The van der Waals surface area contributed by atoms with Gasteiger partial charge >= 0.3 is 5.97 Å².